The molecule has 1 atom stereocenters. The number of aromatic nitrogens is 1. The van der Waals surface area contributed by atoms with E-state index in [1.807, 2.05) is 42.5 Å². The summed E-state index contributed by atoms with van der Waals surface area (Å²) in [7, 11) is 0. The van der Waals surface area contributed by atoms with E-state index in [1.54, 1.807) is 24.4 Å². The van der Waals surface area contributed by atoms with Gasteiger partial charge in [-0.05, 0) is 54.7 Å². The number of aliphatic carboxylic acids is 1. The van der Waals surface area contributed by atoms with Gasteiger partial charge in [-0.2, -0.15) is 0 Å². The van der Waals surface area contributed by atoms with Gasteiger partial charge in [0.15, 0.2) is 5.78 Å². The number of anilines is 1. The molecule has 3 aromatic rings. The summed E-state index contributed by atoms with van der Waals surface area (Å²) in [5, 5.41) is 13.5. The van der Waals surface area contributed by atoms with Gasteiger partial charge in [-0.15, -0.1) is 0 Å². The second kappa shape index (κ2) is 11.7. The van der Waals surface area contributed by atoms with Gasteiger partial charge in [-0.1, -0.05) is 59.6 Å². The number of hydrogen-bond acceptors (Lipinski definition) is 5. The molecule has 4 rings (SSSR count). The quantitative estimate of drug-likeness (QED) is 0.303. The number of rotatable bonds is 11. The summed E-state index contributed by atoms with van der Waals surface area (Å²) in [5.41, 5.74) is 2.02. The highest BCUT2D eigenvalue weighted by Gasteiger charge is 2.30. The zero-order valence-corrected chi connectivity index (χ0v) is 20.5. The molecule has 2 aromatic carbocycles. The van der Waals surface area contributed by atoms with Crippen LogP contribution in [0.5, 0.6) is 0 Å². The Bertz CT molecular complexity index is 1150. The fourth-order valence-electron chi connectivity index (χ4n) is 4.08. The summed E-state index contributed by atoms with van der Waals surface area (Å²) in [5.74, 6) is -1.42. The highest BCUT2D eigenvalue weighted by molar-refractivity contribution is 6.39. The zero-order chi connectivity index (χ0) is 24.8. The molecule has 1 heterocycles. The average molecular weight is 513 g/mol. The van der Waals surface area contributed by atoms with E-state index in [1.165, 1.54) is 0 Å². The second-order valence-corrected chi connectivity index (χ2v) is 9.55. The fraction of sp³-hybridized carbons (Fsp3) is 0.296. The maximum Gasteiger partial charge on any atom is 0.307 e. The first-order chi connectivity index (χ1) is 16.9. The highest BCUT2D eigenvalue weighted by Crippen LogP contribution is 2.29. The van der Waals surface area contributed by atoms with E-state index >= 15 is 0 Å². The first kappa shape index (κ1) is 25.2. The number of halogens is 2. The van der Waals surface area contributed by atoms with Crippen LogP contribution in [0.3, 0.4) is 0 Å². The van der Waals surface area contributed by atoms with E-state index < -0.39 is 11.9 Å². The molecule has 1 unspecified atom stereocenters. The van der Waals surface area contributed by atoms with Crippen molar-refractivity contribution in [2.75, 3.05) is 5.32 Å². The van der Waals surface area contributed by atoms with Gasteiger partial charge in [-0.3, -0.25) is 9.59 Å². The molecule has 35 heavy (non-hydrogen) atoms. The van der Waals surface area contributed by atoms with Crippen molar-refractivity contribution in [1.29, 1.82) is 0 Å². The number of carboxylic acid groups (broad SMARTS) is 1. The van der Waals surface area contributed by atoms with Gasteiger partial charge < -0.3 is 15.2 Å². The Morgan fingerprint density at radius 2 is 1.69 bits per heavy atom. The monoisotopic (exact) mass is 512 g/mol. The van der Waals surface area contributed by atoms with Crippen LogP contribution in [0, 0.1) is 5.92 Å². The van der Waals surface area contributed by atoms with Crippen LogP contribution in [-0.4, -0.2) is 34.0 Å². The predicted octanol–water partition coefficient (Wildman–Crippen LogP) is 6.06. The van der Waals surface area contributed by atoms with Crippen LogP contribution < -0.4 is 5.32 Å². The van der Waals surface area contributed by atoms with Crippen molar-refractivity contribution in [3.63, 3.8) is 0 Å². The Morgan fingerprint density at radius 1 is 1.00 bits per heavy atom. The summed E-state index contributed by atoms with van der Waals surface area (Å²) < 4.78 is 5.99. The van der Waals surface area contributed by atoms with Gasteiger partial charge in [0, 0.05) is 18.7 Å². The molecule has 0 radical (unpaired) electrons. The Morgan fingerprint density at radius 3 is 2.31 bits per heavy atom. The molecule has 6 nitrogen and oxygen atoms in total. The number of carbonyl (C=O) groups is 2. The van der Waals surface area contributed by atoms with Crippen LogP contribution in [0.4, 0.5) is 5.82 Å². The molecule has 1 aliphatic rings. The summed E-state index contributed by atoms with van der Waals surface area (Å²) >= 11 is 12.2. The lowest BCUT2D eigenvalue weighted by Crippen LogP contribution is -2.40. The second-order valence-electron chi connectivity index (χ2n) is 8.74. The molecule has 0 saturated heterocycles. The summed E-state index contributed by atoms with van der Waals surface area (Å²) in [6.07, 6.45) is 3.88. The lowest BCUT2D eigenvalue weighted by molar-refractivity contribution is -0.141. The average Bonchev–Trinajstić information content (AvgIpc) is 2.81. The Labute approximate surface area is 214 Å². The van der Waals surface area contributed by atoms with Crippen molar-refractivity contribution in [3.8, 4) is 0 Å². The highest BCUT2D eigenvalue weighted by atomic mass is 35.5. The molecular weight excluding hydrogens is 487 g/mol. The molecule has 1 aromatic heterocycles. The Hall–Kier alpha value is -2.93. The largest absolute Gasteiger partial charge is 0.481 e. The summed E-state index contributed by atoms with van der Waals surface area (Å²) in [6.45, 7) is 0.493. The molecule has 0 amide bonds. The van der Waals surface area contributed by atoms with E-state index in [0.717, 1.165) is 29.8 Å². The number of carboxylic acids is 1. The Balaban J connectivity index is 1.25. The Kier molecular flexibility index (Phi) is 8.39. The van der Waals surface area contributed by atoms with Gasteiger partial charge in [0.25, 0.3) is 0 Å². The van der Waals surface area contributed by atoms with Gasteiger partial charge in [0.05, 0.1) is 34.2 Å². The molecule has 1 saturated carbocycles. The maximum atomic E-state index is 12.7. The van der Waals surface area contributed by atoms with Crippen molar-refractivity contribution < 1.29 is 19.4 Å². The minimum atomic E-state index is -1.03. The molecule has 1 aliphatic carbocycles. The smallest absolute Gasteiger partial charge is 0.307 e. The van der Waals surface area contributed by atoms with Crippen LogP contribution in [0.15, 0.2) is 66.9 Å². The van der Waals surface area contributed by atoms with E-state index in [4.69, 9.17) is 27.9 Å². The molecule has 0 aliphatic heterocycles. The van der Waals surface area contributed by atoms with Crippen LogP contribution in [0.2, 0.25) is 10.0 Å². The van der Waals surface area contributed by atoms with E-state index in [-0.39, 0.29) is 40.3 Å². The molecule has 8 heteroatoms. The van der Waals surface area contributed by atoms with Crippen molar-refractivity contribution >= 4 is 40.8 Å². The van der Waals surface area contributed by atoms with E-state index in [0.29, 0.717) is 12.6 Å². The van der Waals surface area contributed by atoms with Crippen LogP contribution >= 0.6 is 23.2 Å². The number of ketones is 1. The summed E-state index contributed by atoms with van der Waals surface area (Å²) in [4.78, 5) is 28.8. The minimum absolute atomic E-state index is 0.169. The first-order valence-corrected chi connectivity index (χ1v) is 12.2. The molecule has 0 bridgehead atoms. The van der Waals surface area contributed by atoms with Crippen molar-refractivity contribution in [1.82, 2.24) is 4.98 Å². The number of hydrogen-bond donors (Lipinski definition) is 2. The first-order valence-electron chi connectivity index (χ1n) is 11.5. The minimum Gasteiger partial charge on any atom is -0.481 e. The summed E-state index contributed by atoms with van der Waals surface area (Å²) in [6, 6.07) is 18.6. The number of Topliss-reactive ketones (excluding diaryl/α,β-unsaturated/α-hetero) is 1. The van der Waals surface area contributed by atoms with Gasteiger partial charge in [-0.25, -0.2) is 4.98 Å². The number of carbonyl (C=O) groups excluding carboxylic acids is 1. The third kappa shape index (κ3) is 6.82. The van der Waals surface area contributed by atoms with Crippen molar-refractivity contribution in [3.05, 3.63) is 93.6 Å². The third-order valence-electron chi connectivity index (χ3n) is 6.13. The number of ether oxygens (including phenoxy) is 1. The van der Waals surface area contributed by atoms with Gasteiger partial charge in [0.2, 0.25) is 0 Å². The van der Waals surface area contributed by atoms with Crippen LogP contribution in [0.25, 0.3) is 0 Å². The number of nitrogens with one attached hydrogen (secondary N) is 1. The third-order valence-corrected chi connectivity index (χ3v) is 6.76. The lowest BCUT2D eigenvalue weighted by atomic mass is 9.89. The van der Waals surface area contributed by atoms with Crippen molar-refractivity contribution in [2.45, 2.75) is 44.4 Å². The number of nitrogens with zero attached hydrogens (tertiary/aromatic N) is 1. The van der Waals surface area contributed by atoms with Crippen molar-refractivity contribution in [2.24, 2.45) is 5.92 Å². The normalized spacial score (nSPS) is 17.9. The van der Waals surface area contributed by atoms with Gasteiger partial charge in [0.1, 0.15) is 5.82 Å². The molecule has 182 valence electrons. The molecule has 1 fully saturated rings. The molecular formula is C27H26Cl2N2O4. The number of pyridine rings is 1. The van der Waals surface area contributed by atoms with Gasteiger partial charge >= 0.3 is 5.97 Å². The van der Waals surface area contributed by atoms with Crippen LogP contribution in [-0.2, 0) is 22.6 Å². The molecule has 0 spiro atoms. The van der Waals surface area contributed by atoms with E-state index in [9.17, 15) is 14.7 Å². The maximum absolute atomic E-state index is 12.7. The fourth-order valence-corrected chi connectivity index (χ4v) is 4.69. The standard InChI is InChI=1S/C27H26Cl2N2O4/c28-22-4-3-5-23(29)26(22)24(32)13-19(27(33)34)12-17-7-9-18(10-8-17)16-35-21-14-20(15-21)31-25-6-1-2-11-30-25/h1-11,19-21H,12-16H2,(H,30,31)(H,33,34). The zero-order valence-electron chi connectivity index (χ0n) is 19.0. The lowest BCUT2D eigenvalue weighted by Gasteiger charge is -2.36. The topological polar surface area (TPSA) is 88.5 Å². The van der Waals surface area contributed by atoms with Crippen LogP contribution in [0.1, 0.15) is 40.7 Å². The van der Waals surface area contributed by atoms with E-state index in [2.05, 4.69) is 10.3 Å². The SMILES string of the molecule is O=C(CC(Cc1ccc(COC2CC(Nc3ccccn3)C2)cc1)C(=O)O)c1c(Cl)cccc1Cl. The number of benzene rings is 2. The predicted molar refractivity (Wildman–Crippen MR) is 136 cm³/mol. The molecule has 2 N–H and O–H groups in total.